The summed E-state index contributed by atoms with van der Waals surface area (Å²) in [4.78, 5) is 59.4. The van der Waals surface area contributed by atoms with Crippen molar-refractivity contribution < 1.29 is 33.8 Å². The van der Waals surface area contributed by atoms with Crippen LogP contribution < -0.4 is 5.32 Å². The van der Waals surface area contributed by atoms with Gasteiger partial charge in [0, 0.05) is 19.0 Å². The number of amides is 3. The zero-order chi connectivity index (χ0) is 34.6. The highest BCUT2D eigenvalue weighted by Crippen LogP contribution is 2.60. The van der Waals surface area contributed by atoms with Crippen molar-refractivity contribution in [1.82, 2.24) is 15.1 Å². The van der Waals surface area contributed by atoms with E-state index in [1.165, 1.54) is 4.90 Å². The van der Waals surface area contributed by atoms with Gasteiger partial charge in [0.2, 0.25) is 17.7 Å². The summed E-state index contributed by atoms with van der Waals surface area (Å²) in [6.07, 6.45) is 3.46. The molecule has 48 heavy (non-hydrogen) atoms. The monoisotopic (exact) mass is 657 g/mol. The van der Waals surface area contributed by atoms with Crippen LogP contribution in [0.3, 0.4) is 0 Å². The Morgan fingerprint density at radius 1 is 1.06 bits per heavy atom. The number of aliphatic hydroxyl groups is 1. The zero-order valence-corrected chi connectivity index (χ0v) is 28.0. The minimum atomic E-state index is -1.29. The van der Waals surface area contributed by atoms with Crippen LogP contribution in [0.15, 0.2) is 86.0 Å². The fourth-order valence-corrected chi connectivity index (χ4v) is 7.80. The Balaban J connectivity index is 1.52. The molecule has 3 heterocycles. The molecule has 1 spiro atoms. The Bertz CT molecular complexity index is 1500. The van der Waals surface area contributed by atoms with Gasteiger partial charge in [-0.3, -0.25) is 19.2 Å². The van der Waals surface area contributed by atoms with Gasteiger partial charge in [-0.15, -0.1) is 13.2 Å². The van der Waals surface area contributed by atoms with Crippen LogP contribution in [-0.4, -0.2) is 81.6 Å². The van der Waals surface area contributed by atoms with E-state index in [4.69, 9.17) is 9.47 Å². The Hall–Kier alpha value is -4.28. The third-order valence-electron chi connectivity index (χ3n) is 9.96. The van der Waals surface area contributed by atoms with E-state index in [2.05, 4.69) is 18.5 Å². The summed E-state index contributed by atoms with van der Waals surface area (Å²) in [5.74, 6) is -3.55. The maximum Gasteiger partial charge on any atom is 0.313 e. The fourth-order valence-electron chi connectivity index (χ4n) is 7.80. The molecule has 3 fully saturated rings. The van der Waals surface area contributed by atoms with Gasteiger partial charge in [-0.2, -0.15) is 0 Å². The third-order valence-corrected chi connectivity index (χ3v) is 9.96. The Morgan fingerprint density at radius 3 is 2.29 bits per heavy atom. The van der Waals surface area contributed by atoms with E-state index in [1.54, 1.807) is 24.0 Å². The fraction of sp³-hybridized carbons (Fsp3) is 0.474. The summed E-state index contributed by atoms with van der Waals surface area (Å²) in [5.41, 5.74) is 0.0717. The lowest BCUT2D eigenvalue weighted by atomic mass is 9.70. The number of benzene rings is 2. The molecule has 0 unspecified atom stereocenters. The van der Waals surface area contributed by atoms with Gasteiger partial charge in [0.25, 0.3) is 0 Å². The molecule has 2 aromatic carbocycles. The molecule has 0 saturated carbocycles. The van der Waals surface area contributed by atoms with Gasteiger partial charge >= 0.3 is 5.97 Å². The number of nitrogens with one attached hydrogen (secondary N) is 1. The van der Waals surface area contributed by atoms with Crippen LogP contribution in [-0.2, 0) is 28.7 Å². The molecule has 2 N–H and O–H groups in total. The molecule has 10 heteroatoms. The van der Waals surface area contributed by atoms with Gasteiger partial charge < -0.3 is 29.7 Å². The van der Waals surface area contributed by atoms with Gasteiger partial charge in [-0.1, -0.05) is 72.8 Å². The Morgan fingerprint density at radius 2 is 1.71 bits per heavy atom. The first kappa shape index (κ1) is 35.0. The molecule has 2 bridgehead atoms. The minimum Gasteiger partial charge on any atom is -0.455 e. The molecular formula is C38H47N3O7. The summed E-state index contributed by atoms with van der Waals surface area (Å²) in [7, 11) is 0. The molecule has 256 valence electrons. The molecule has 5 rings (SSSR count). The van der Waals surface area contributed by atoms with Crippen molar-refractivity contribution in [2.75, 3.05) is 13.2 Å². The third kappa shape index (κ3) is 6.43. The van der Waals surface area contributed by atoms with Crippen molar-refractivity contribution in [2.24, 2.45) is 11.8 Å². The molecular weight excluding hydrogens is 610 g/mol. The van der Waals surface area contributed by atoms with E-state index in [-0.39, 0.29) is 30.8 Å². The first-order chi connectivity index (χ1) is 23.1. The average molecular weight is 658 g/mol. The summed E-state index contributed by atoms with van der Waals surface area (Å²) >= 11 is 0. The maximum atomic E-state index is 14.7. The molecule has 0 aliphatic carbocycles. The van der Waals surface area contributed by atoms with E-state index in [0.29, 0.717) is 30.4 Å². The first-order valence-electron chi connectivity index (χ1n) is 16.8. The predicted octanol–water partition coefficient (Wildman–Crippen LogP) is 4.27. The number of hydrogen-bond donors (Lipinski definition) is 2. The maximum absolute atomic E-state index is 14.7. The van der Waals surface area contributed by atoms with Crippen molar-refractivity contribution in [3.05, 3.63) is 97.1 Å². The second kappa shape index (κ2) is 14.9. The lowest BCUT2D eigenvalue weighted by Gasteiger charge is -2.40. The average Bonchev–Trinajstić information content (AvgIpc) is 3.73. The Kier molecular flexibility index (Phi) is 10.9. The second-order valence-corrected chi connectivity index (χ2v) is 13.2. The topological polar surface area (TPSA) is 125 Å². The predicted molar refractivity (Wildman–Crippen MR) is 180 cm³/mol. The van der Waals surface area contributed by atoms with Crippen molar-refractivity contribution >= 4 is 23.7 Å². The smallest absolute Gasteiger partial charge is 0.313 e. The number of aliphatic hydroxyl groups excluding tert-OH is 1. The van der Waals surface area contributed by atoms with Gasteiger partial charge in [0.05, 0.1) is 36.6 Å². The quantitative estimate of drug-likeness (QED) is 0.217. The summed E-state index contributed by atoms with van der Waals surface area (Å²) < 4.78 is 12.9. The minimum absolute atomic E-state index is 0.199. The van der Waals surface area contributed by atoms with Crippen LogP contribution in [0.25, 0.3) is 0 Å². The SMILES string of the molecule is C=CCCC(=O)N[C@@H](C)[C@H](OC(=O)[C@@H]1[C@H]2C(=O)N([C@H](CO)c3ccccc3)[C@H](C(=O)N(CC=C)C(C)C)[C@]23CC[C@H]1O3)c1ccccc1. The molecule has 3 amide bonds. The molecule has 3 saturated heterocycles. The van der Waals surface area contributed by atoms with E-state index in [0.717, 1.165) is 0 Å². The van der Waals surface area contributed by atoms with E-state index in [1.807, 2.05) is 74.5 Å². The number of hydrogen-bond acceptors (Lipinski definition) is 7. The summed E-state index contributed by atoms with van der Waals surface area (Å²) in [5, 5.41) is 13.7. The number of esters is 1. The number of allylic oxidation sites excluding steroid dienone is 1. The number of likely N-dealkylation sites (tertiary alicyclic amines) is 1. The van der Waals surface area contributed by atoms with Crippen molar-refractivity contribution in [1.29, 1.82) is 0 Å². The van der Waals surface area contributed by atoms with E-state index >= 15 is 0 Å². The number of fused-ring (bicyclic) bond motifs is 1. The molecule has 0 radical (unpaired) electrons. The van der Waals surface area contributed by atoms with Crippen LogP contribution in [0.2, 0.25) is 0 Å². The normalized spacial score (nSPS) is 26.0. The zero-order valence-electron chi connectivity index (χ0n) is 28.0. The Labute approximate surface area is 282 Å². The van der Waals surface area contributed by atoms with Crippen LogP contribution in [0.5, 0.6) is 0 Å². The summed E-state index contributed by atoms with van der Waals surface area (Å²) in [6, 6.07) is 15.5. The second-order valence-electron chi connectivity index (χ2n) is 13.2. The standard InChI is InChI=1S/C38H47N3O7/c1-6-8-19-30(43)39-25(5)33(27-17-13-10-14-18-27)47-37(46)31-29-20-21-38(48-29)32(31)35(44)41(28(23-42)26-15-11-9-12-16-26)34(38)36(45)40(22-7-2)24(3)4/h6-7,9-18,24-25,28-29,31-34,42H,1-2,8,19-23H2,3-5H3,(H,39,43)/t25-,28+,29+,31-,32-,33-,34+,38-/m0/s1. The lowest BCUT2D eigenvalue weighted by molar-refractivity contribution is -0.162. The van der Waals surface area contributed by atoms with Crippen LogP contribution >= 0.6 is 0 Å². The molecule has 10 nitrogen and oxygen atoms in total. The first-order valence-corrected chi connectivity index (χ1v) is 16.8. The van der Waals surface area contributed by atoms with Crippen molar-refractivity contribution in [3.63, 3.8) is 0 Å². The number of carbonyl (C=O) groups is 4. The highest BCUT2D eigenvalue weighted by molar-refractivity contribution is 5.98. The van der Waals surface area contributed by atoms with Crippen LogP contribution in [0.1, 0.15) is 69.7 Å². The molecule has 3 aliphatic rings. The number of ether oxygens (including phenoxy) is 2. The van der Waals surface area contributed by atoms with Gasteiger partial charge in [0.15, 0.2) is 0 Å². The molecule has 0 aromatic heterocycles. The van der Waals surface area contributed by atoms with Crippen LogP contribution in [0, 0.1) is 11.8 Å². The highest BCUT2D eigenvalue weighted by Gasteiger charge is 2.76. The van der Waals surface area contributed by atoms with Gasteiger partial charge in [0.1, 0.15) is 17.7 Å². The van der Waals surface area contributed by atoms with E-state index < -0.39 is 66.3 Å². The molecule has 8 atom stereocenters. The van der Waals surface area contributed by atoms with Gasteiger partial charge in [-0.25, -0.2) is 0 Å². The molecule has 3 aliphatic heterocycles. The lowest BCUT2D eigenvalue weighted by Crippen LogP contribution is -2.58. The highest BCUT2D eigenvalue weighted by atomic mass is 16.6. The van der Waals surface area contributed by atoms with Crippen LogP contribution in [0.4, 0.5) is 0 Å². The number of carbonyl (C=O) groups excluding carboxylic acids is 4. The largest absolute Gasteiger partial charge is 0.455 e. The van der Waals surface area contributed by atoms with Gasteiger partial charge in [-0.05, 0) is 51.2 Å². The van der Waals surface area contributed by atoms with Crippen molar-refractivity contribution in [3.8, 4) is 0 Å². The summed E-state index contributed by atoms with van der Waals surface area (Å²) in [6.45, 7) is 12.9. The van der Waals surface area contributed by atoms with E-state index in [9.17, 15) is 24.3 Å². The van der Waals surface area contributed by atoms with Crippen molar-refractivity contribution in [2.45, 2.75) is 88.4 Å². The molecule has 2 aromatic rings. The number of nitrogens with zero attached hydrogens (tertiary/aromatic N) is 2. The number of rotatable bonds is 15.